The topological polar surface area (TPSA) is 66.0 Å². The molecule has 4 rings (SSSR count). The molecule has 3 heterocycles. The number of urea groups is 1. The Hall–Kier alpha value is -2.76. The summed E-state index contributed by atoms with van der Waals surface area (Å²) in [5.74, 6) is 0.897. The Morgan fingerprint density at radius 3 is 2.96 bits per heavy atom. The van der Waals surface area contributed by atoms with E-state index < -0.39 is 0 Å². The second-order valence-electron chi connectivity index (χ2n) is 6.95. The fourth-order valence-electron chi connectivity index (χ4n) is 3.72. The molecule has 0 aliphatic carbocycles. The number of nitrogens with one attached hydrogen (secondary N) is 2. The SMILES string of the molecule is Cc1cccc2[nH]c(C3CCCN3C(=O)NCCCn3cccc3)nc12. The molecule has 2 amide bonds. The average Bonchev–Trinajstić information content (AvgIpc) is 3.38. The van der Waals surface area contributed by atoms with E-state index in [1.165, 1.54) is 0 Å². The van der Waals surface area contributed by atoms with Gasteiger partial charge in [-0.15, -0.1) is 0 Å². The van der Waals surface area contributed by atoms with Gasteiger partial charge in [-0.25, -0.2) is 9.78 Å². The van der Waals surface area contributed by atoms with Crippen molar-refractivity contribution in [2.24, 2.45) is 0 Å². The smallest absolute Gasteiger partial charge is 0.318 e. The number of hydrogen-bond acceptors (Lipinski definition) is 2. The molecule has 1 unspecified atom stereocenters. The number of carbonyl (C=O) groups excluding carboxylic acids is 1. The maximum absolute atomic E-state index is 12.6. The number of rotatable bonds is 5. The summed E-state index contributed by atoms with van der Waals surface area (Å²) in [6, 6.07) is 10.2. The van der Waals surface area contributed by atoms with Crippen LogP contribution in [0, 0.1) is 6.92 Å². The van der Waals surface area contributed by atoms with Crippen molar-refractivity contribution >= 4 is 17.1 Å². The van der Waals surface area contributed by atoms with E-state index in [1.54, 1.807) is 0 Å². The summed E-state index contributed by atoms with van der Waals surface area (Å²) in [5, 5.41) is 3.06. The summed E-state index contributed by atoms with van der Waals surface area (Å²) in [5.41, 5.74) is 3.20. The standard InChI is InChI=1S/C20H25N5O/c1-15-7-4-8-16-18(15)23-19(22-16)17-9-5-14-25(17)20(26)21-10-6-13-24-11-2-3-12-24/h2-4,7-8,11-12,17H,5-6,9-10,13-14H2,1H3,(H,21,26)(H,22,23). The van der Waals surface area contributed by atoms with Crippen molar-refractivity contribution in [3.8, 4) is 0 Å². The van der Waals surface area contributed by atoms with E-state index in [1.807, 2.05) is 41.6 Å². The van der Waals surface area contributed by atoms with Crippen LogP contribution in [-0.2, 0) is 6.54 Å². The number of para-hydroxylation sites is 1. The number of nitrogens with zero attached hydrogens (tertiary/aromatic N) is 3. The molecular formula is C20H25N5O. The Morgan fingerprint density at radius 1 is 1.31 bits per heavy atom. The number of amides is 2. The highest BCUT2D eigenvalue weighted by atomic mass is 16.2. The van der Waals surface area contributed by atoms with Gasteiger partial charge in [0.15, 0.2) is 0 Å². The number of aromatic nitrogens is 3. The van der Waals surface area contributed by atoms with Gasteiger partial charge in [-0.1, -0.05) is 12.1 Å². The lowest BCUT2D eigenvalue weighted by atomic mass is 10.2. The minimum atomic E-state index is 0.0113. The lowest BCUT2D eigenvalue weighted by molar-refractivity contribution is 0.191. The zero-order valence-corrected chi connectivity index (χ0v) is 15.1. The maximum Gasteiger partial charge on any atom is 0.318 e. The van der Waals surface area contributed by atoms with Gasteiger partial charge < -0.3 is 19.8 Å². The van der Waals surface area contributed by atoms with E-state index in [0.29, 0.717) is 6.54 Å². The van der Waals surface area contributed by atoms with E-state index in [2.05, 4.69) is 27.9 Å². The molecule has 6 nitrogen and oxygen atoms in total. The number of benzene rings is 1. The van der Waals surface area contributed by atoms with Crippen LogP contribution in [0.2, 0.25) is 0 Å². The van der Waals surface area contributed by atoms with Gasteiger partial charge in [0.2, 0.25) is 0 Å². The number of likely N-dealkylation sites (tertiary alicyclic amines) is 1. The third kappa shape index (κ3) is 3.31. The summed E-state index contributed by atoms with van der Waals surface area (Å²) >= 11 is 0. The first-order valence-corrected chi connectivity index (χ1v) is 9.33. The molecule has 26 heavy (non-hydrogen) atoms. The lowest BCUT2D eigenvalue weighted by Gasteiger charge is -2.23. The van der Waals surface area contributed by atoms with E-state index in [9.17, 15) is 4.79 Å². The van der Waals surface area contributed by atoms with E-state index >= 15 is 0 Å². The highest BCUT2D eigenvalue weighted by Crippen LogP contribution is 2.31. The van der Waals surface area contributed by atoms with Crippen LogP contribution in [-0.4, -0.2) is 38.6 Å². The number of fused-ring (bicyclic) bond motifs is 1. The Bertz CT molecular complexity index is 883. The fourth-order valence-corrected chi connectivity index (χ4v) is 3.72. The zero-order valence-electron chi connectivity index (χ0n) is 15.1. The molecule has 1 atom stereocenters. The van der Waals surface area contributed by atoms with Crippen molar-refractivity contribution in [1.29, 1.82) is 0 Å². The van der Waals surface area contributed by atoms with E-state index in [4.69, 9.17) is 4.98 Å². The highest BCUT2D eigenvalue weighted by Gasteiger charge is 2.32. The first-order valence-electron chi connectivity index (χ1n) is 9.33. The van der Waals surface area contributed by atoms with Gasteiger partial charge in [0, 0.05) is 32.0 Å². The van der Waals surface area contributed by atoms with Crippen molar-refractivity contribution < 1.29 is 4.79 Å². The first-order chi connectivity index (χ1) is 12.7. The van der Waals surface area contributed by atoms with Crippen LogP contribution >= 0.6 is 0 Å². The number of carbonyl (C=O) groups is 1. The molecule has 3 aromatic rings. The number of H-pyrrole nitrogens is 1. The highest BCUT2D eigenvalue weighted by molar-refractivity contribution is 5.79. The fraction of sp³-hybridized carbons (Fsp3) is 0.400. The molecule has 2 N–H and O–H groups in total. The van der Waals surface area contributed by atoms with Gasteiger partial charge in [0.05, 0.1) is 17.1 Å². The molecule has 0 bridgehead atoms. The van der Waals surface area contributed by atoms with Gasteiger partial charge >= 0.3 is 6.03 Å². The minimum Gasteiger partial charge on any atom is -0.354 e. The second kappa shape index (κ2) is 7.23. The monoisotopic (exact) mass is 351 g/mol. The molecular weight excluding hydrogens is 326 g/mol. The van der Waals surface area contributed by atoms with E-state index in [0.717, 1.165) is 54.8 Å². The molecule has 1 aliphatic heterocycles. The predicted molar refractivity (Wildman–Crippen MR) is 102 cm³/mol. The van der Waals surface area contributed by atoms with Crippen molar-refractivity contribution in [1.82, 2.24) is 24.8 Å². The summed E-state index contributed by atoms with van der Waals surface area (Å²) in [6.45, 7) is 4.44. The Morgan fingerprint density at radius 2 is 2.15 bits per heavy atom. The molecule has 6 heteroatoms. The van der Waals surface area contributed by atoms with Crippen molar-refractivity contribution in [2.45, 2.75) is 38.8 Å². The van der Waals surface area contributed by atoms with Gasteiger partial charge in [-0.2, -0.15) is 0 Å². The molecule has 0 saturated carbocycles. The normalized spacial score (nSPS) is 17.1. The van der Waals surface area contributed by atoms with Crippen LogP contribution in [0.3, 0.4) is 0 Å². The summed E-state index contributed by atoms with van der Waals surface area (Å²) in [6.07, 6.45) is 6.97. The lowest BCUT2D eigenvalue weighted by Crippen LogP contribution is -2.40. The molecule has 1 fully saturated rings. The van der Waals surface area contributed by atoms with Crippen molar-refractivity contribution in [3.63, 3.8) is 0 Å². The Labute approximate surface area is 153 Å². The van der Waals surface area contributed by atoms with Crippen molar-refractivity contribution in [3.05, 3.63) is 54.1 Å². The number of aromatic amines is 1. The summed E-state index contributed by atoms with van der Waals surface area (Å²) in [7, 11) is 0. The average molecular weight is 351 g/mol. The summed E-state index contributed by atoms with van der Waals surface area (Å²) < 4.78 is 2.13. The Kier molecular flexibility index (Phi) is 4.65. The number of imidazole rings is 1. The number of hydrogen-bond donors (Lipinski definition) is 2. The van der Waals surface area contributed by atoms with E-state index in [-0.39, 0.29) is 12.1 Å². The first kappa shape index (κ1) is 16.7. The molecule has 1 saturated heterocycles. The molecule has 1 aliphatic rings. The second-order valence-corrected chi connectivity index (χ2v) is 6.95. The van der Waals surface area contributed by atoms with Crippen LogP contribution in [0.1, 0.15) is 36.7 Å². The van der Waals surface area contributed by atoms with Crippen LogP contribution in [0.5, 0.6) is 0 Å². The van der Waals surface area contributed by atoms with Crippen LogP contribution in [0.15, 0.2) is 42.7 Å². The molecule has 2 aromatic heterocycles. The molecule has 136 valence electrons. The van der Waals surface area contributed by atoms with Gasteiger partial charge in [-0.05, 0) is 49.9 Å². The molecule has 0 spiro atoms. The van der Waals surface area contributed by atoms with Gasteiger partial charge in [-0.3, -0.25) is 0 Å². The quantitative estimate of drug-likeness (QED) is 0.690. The minimum absolute atomic E-state index is 0.0113. The Balaban J connectivity index is 1.39. The van der Waals surface area contributed by atoms with Crippen LogP contribution in [0.4, 0.5) is 4.79 Å². The maximum atomic E-state index is 12.6. The summed E-state index contributed by atoms with van der Waals surface area (Å²) in [4.78, 5) is 22.7. The third-order valence-corrected chi connectivity index (χ3v) is 5.10. The molecule has 0 radical (unpaired) electrons. The largest absolute Gasteiger partial charge is 0.354 e. The van der Waals surface area contributed by atoms with Crippen LogP contribution in [0.25, 0.3) is 11.0 Å². The number of aryl methyl sites for hydroxylation is 2. The van der Waals surface area contributed by atoms with Crippen molar-refractivity contribution in [2.75, 3.05) is 13.1 Å². The van der Waals surface area contributed by atoms with Gasteiger partial charge in [0.1, 0.15) is 5.82 Å². The molecule has 1 aromatic carbocycles. The third-order valence-electron chi connectivity index (χ3n) is 5.10. The zero-order chi connectivity index (χ0) is 17.9. The van der Waals surface area contributed by atoms with Gasteiger partial charge in [0.25, 0.3) is 0 Å². The predicted octanol–water partition coefficient (Wildman–Crippen LogP) is 3.61. The van der Waals surface area contributed by atoms with Crippen LogP contribution < -0.4 is 5.32 Å².